The number of halogens is 1. The number of Topliss-reactive ketones (excluding diaryl/α,β-unsaturated/α-hetero) is 1. The Morgan fingerprint density at radius 2 is 2.29 bits per heavy atom. The number of rotatable bonds is 3. The first kappa shape index (κ1) is 11.0. The van der Waals surface area contributed by atoms with Gasteiger partial charge < -0.3 is 15.6 Å². The Kier molecular flexibility index (Phi) is 3.49. The van der Waals surface area contributed by atoms with Crippen molar-refractivity contribution < 1.29 is 14.6 Å². The molecule has 0 saturated heterocycles. The quantitative estimate of drug-likeness (QED) is 0.803. The van der Waals surface area contributed by atoms with Crippen LogP contribution >= 0.6 is 15.9 Å². The summed E-state index contributed by atoms with van der Waals surface area (Å²) in [6.45, 7) is -0.133. The van der Waals surface area contributed by atoms with Crippen LogP contribution < -0.4 is 10.5 Å². The standard InChI is InChI=1S/C9H10BrNO3/c1-14-7-3-2-5(6(12)4-11)9(13)8(7)10/h2-3,13H,4,11H2,1H3. The van der Waals surface area contributed by atoms with E-state index in [1.54, 1.807) is 6.07 Å². The van der Waals surface area contributed by atoms with Gasteiger partial charge in [0, 0.05) is 0 Å². The van der Waals surface area contributed by atoms with Gasteiger partial charge in [0.25, 0.3) is 0 Å². The van der Waals surface area contributed by atoms with Gasteiger partial charge in [0.05, 0.1) is 19.2 Å². The number of carbonyl (C=O) groups excluding carboxylic acids is 1. The maximum atomic E-state index is 11.2. The van der Waals surface area contributed by atoms with E-state index >= 15 is 0 Å². The molecule has 0 radical (unpaired) electrons. The summed E-state index contributed by atoms with van der Waals surface area (Å²) in [5, 5.41) is 9.61. The lowest BCUT2D eigenvalue weighted by molar-refractivity contribution is 0.0998. The van der Waals surface area contributed by atoms with Gasteiger partial charge in [0.2, 0.25) is 0 Å². The highest BCUT2D eigenvalue weighted by molar-refractivity contribution is 9.10. The molecule has 4 nitrogen and oxygen atoms in total. The summed E-state index contributed by atoms with van der Waals surface area (Å²) in [5.74, 6) is 0.0155. The summed E-state index contributed by atoms with van der Waals surface area (Å²) in [5.41, 5.74) is 5.38. The Morgan fingerprint density at radius 1 is 1.64 bits per heavy atom. The topological polar surface area (TPSA) is 72.5 Å². The fraction of sp³-hybridized carbons (Fsp3) is 0.222. The van der Waals surface area contributed by atoms with Crippen molar-refractivity contribution in [1.29, 1.82) is 0 Å². The van der Waals surface area contributed by atoms with Crippen molar-refractivity contribution in [3.05, 3.63) is 22.2 Å². The number of ketones is 1. The Bertz CT molecular complexity index is 365. The zero-order chi connectivity index (χ0) is 10.7. The van der Waals surface area contributed by atoms with Crippen molar-refractivity contribution in [3.63, 3.8) is 0 Å². The van der Waals surface area contributed by atoms with E-state index in [2.05, 4.69) is 15.9 Å². The molecule has 0 saturated carbocycles. The van der Waals surface area contributed by atoms with Gasteiger partial charge in [-0.25, -0.2) is 0 Å². The van der Waals surface area contributed by atoms with Crippen molar-refractivity contribution in [3.8, 4) is 11.5 Å². The molecule has 1 rings (SSSR count). The second-order valence-corrected chi connectivity index (χ2v) is 3.40. The number of aromatic hydroxyl groups is 1. The van der Waals surface area contributed by atoms with Crippen LogP contribution in [-0.2, 0) is 0 Å². The SMILES string of the molecule is COc1ccc(C(=O)CN)c(O)c1Br. The number of ether oxygens (including phenoxy) is 1. The molecule has 1 aromatic carbocycles. The molecule has 14 heavy (non-hydrogen) atoms. The summed E-state index contributed by atoms with van der Waals surface area (Å²) in [7, 11) is 1.48. The van der Waals surface area contributed by atoms with Crippen LogP contribution in [0.1, 0.15) is 10.4 Å². The Labute approximate surface area is 89.8 Å². The van der Waals surface area contributed by atoms with Gasteiger partial charge >= 0.3 is 0 Å². The second kappa shape index (κ2) is 4.43. The molecular formula is C9H10BrNO3. The first-order valence-corrected chi connectivity index (χ1v) is 4.69. The maximum absolute atomic E-state index is 11.2. The van der Waals surface area contributed by atoms with Gasteiger partial charge in [-0.05, 0) is 28.1 Å². The maximum Gasteiger partial charge on any atom is 0.180 e. The van der Waals surface area contributed by atoms with E-state index < -0.39 is 0 Å². The van der Waals surface area contributed by atoms with E-state index in [-0.39, 0.29) is 23.6 Å². The molecule has 1 aromatic rings. The van der Waals surface area contributed by atoms with Gasteiger partial charge in [-0.1, -0.05) is 0 Å². The highest BCUT2D eigenvalue weighted by Gasteiger charge is 2.15. The fourth-order valence-corrected chi connectivity index (χ4v) is 1.55. The van der Waals surface area contributed by atoms with Crippen LogP contribution in [0.15, 0.2) is 16.6 Å². The number of phenolic OH excluding ortho intramolecular Hbond substituents is 1. The van der Waals surface area contributed by atoms with Crippen molar-refractivity contribution in [2.75, 3.05) is 13.7 Å². The van der Waals surface area contributed by atoms with Crippen LogP contribution in [0.3, 0.4) is 0 Å². The lowest BCUT2D eigenvalue weighted by Crippen LogP contribution is -2.13. The molecule has 0 bridgehead atoms. The number of methoxy groups -OCH3 is 1. The molecule has 0 fully saturated rings. The third-order valence-corrected chi connectivity index (χ3v) is 2.55. The first-order valence-electron chi connectivity index (χ1n) is 3.90. The monoisotopic (exact) mass is 259 g/mol. The van der Waals surface area contributed by atoms with E-state index in [4.69, 9.17) is 10.5 Å². The average Bonchev–Trinajstić information content (AvgIpc) is 2.21. The number of carbonyl (C=O) groups is 1. The number of hydrogen-bond donors (Lipinski definition) is 2. The molecule has 0 amide bonds. The minimum absolute atomic E-state index is 0.133. The van der Waals surface area contributed by atoms with Crippen LogP contribution in [0, 0.1) is 0 Å². The molecule has 76 valence electrons. The van der Waals surface area contributed by atoms with Gasteiger partial charge in [-0.2, -0.15) is 0 Å². The molecule has 0 aliphatic rings. The Hall–Kier alpha value is -1.07. The van der Waals surface area contributed by atoms with Crippen LogP contribution in [0.25, 0.3) is 0 Å². The first-order chi connectivity index (χ1) is 6.61. The third-order valence-electron chi connectivity index (χ3n) is 1.79. The Morgan fingerprint density at radius 3 is 2.79 bits per heavy atom. The molecule has 0 aromatic heterocycles. The van der Waals surface area contributed by atoms with Gasteiger partial charge in [-0.3, -0.25) is 4.79 Å². The molecule has 0 aliphatic carbocycles. The van der Waals surface area contributed by atoms with Crippen molar-refractivity contribution in [1.82, 2.24) is 0 Å². The zero-order valence-corrected chi connectivity index (χ0v) is 9.17. The van der Waals surface area contributed by atoms with E-state index in [1.807, 2.05) is 0 Å². The zero-order valence-electron chi connectivity index (χ0n) is 7.58. The summed E-state index contributed by atoms with van der Waals surface area (Å²) in [6, 6.07) is 3.07. The Balaban J connectivity index is 3.24. The van der Waals surface area contributed by atoms with E-state index in [9.17, 15) is 9.90 Å². The van der Waals surface area contributed by atoms with Crippen molar-refractivity contribution >= 4 is 21.7 Å². The highest BCUT2D eigenvalue weighted by atomic mass is 79.9. The minimum Gasteiger partial charge on any atom is -0.506 e. The molecule has 0 heterocycles. The summed E-state index contributed by atoms with van der Waals surface area (Å²) in [4.78, 5) is 11.2. The predicted molar refractivity (Wildman–Crippen MR) is 55.7 cm³/mol. The lowest BCUT2D eigenvalue weighted by atomic mass is 10.1. The number of hydrogen-bond acceptors (Lipinski definition) is 4. The van der Waals surface area contributed by atoms with Crippen molar-refractivity contribution in [2.24, 2.45) is 5.73 Å². The largest absolute Gasteiger partial charge is 0.506 e. The smallest absolute Gasteiger partial charge is 0.180 e. The molecule has 0 aliphatic heterocycles. The molecule has 3 N–H and O–H groups in total. The van der Waals surface area contributed by atoms with Crippen molar-refractivity contribution in [2.45, 2.75) is 0 Å². The van der Waals surface area contributed by atoms with Crippen LogP contribution in [-0.4, -0.2) is 24.5 Å². The van der Waals surface area contributed by atoms with E-state index in [0.29, 0.717) is 10.2 Å². The van der Waals surface area contributed by atoms with Crippen LogP contribution in [0.2, 0.25) is 0 Å². The average molecular weight is 260 g/mol. The van der Waals surface area contributed by atoms with Crippen LogP contribution in [0.5, 0.6) is 11.5 Å². The molecular weight excluding hydrogens is 250 g/mol. The summed E-state index contributed by atoms with van der Waals surface area (Å²) in [6.07, 6.45) is 0. The van der Waals surface area contributed by atoms with Gasteiger partial charge in [-0.15, -0.1) is 0 Å². The third kappa shape index (κ3) is 1.88. The normalized spacial score (nSPS) is 9.93. The molecule has 0 atom stereocenters. The van der Waals surface area contributed by atoms with E-state index in [1.165, 1.54) is 13.2 Å². The summed E-state index contributed by atoms with van der Waals surface area (Å²) >= 11 is 3.12. The number of phenols is 1. The molecule has 0 spiro atoms. The predicted octanol–water partition coefficient (Wildman–Crippen LogP) is 1.30. The summed E-state index contributed by atoms with van der Waals surface area (Å²) < 4.78 is 5.31. The van der Waals surface area contributed by atoms with Crippen LogP contribution in [0.4, 0.5) is 0 Å². The highest BCUT2D eigenvalue weighted by Crippen LogP contribution is 2.36. The van der Waals surface area contributed by atoms with Gasteiger partial charge in [0.15, 0.2) is 5.78 Å². The van der Waals surface area contributed by atoms with E-state index in [0.717, 1.165) is 0 Å². The van der Waals surface area contributed by atoms with Gasteiger partial charge in [0.1, 0.15) is 16.0 Å². The minimum atomic E-state index is -0.314. The lowest BCUT2D eigenvalue weighted by Gasteiger charge is -2.08. The second-order valence-electron chi connectivity index (χ2n) is 2.61. The molecule has 0 unspecified atom stereocenters. The fourth-order valence-electron chi connectivity index (χ4n) is 1.04. The number of nitrogens with two attached hydrogens (primary N) is 1. The molecule has 5 heteroatoms. The number of benzene rings is 1.